The Morgan fingerprint density at radius 1 is 1.11 bits per heavy atom. The van der Waals surface area contributed by atoms with Crippen molar-refractivity contribution in [2.45, 2.75) is 19.6 Å². The van der Waals surface area contributed by atoms with E-state index in [9.17, 15) is 13.2 Å². The Morgan fingerprint density at radius 3 is 2.64 bits per heavy atom. The minimum absolute atomic E-state index is 0.130. The molecule has 8 heteroatoms. The Labute approximate surface area is 160 Å². The van der Waals surface area contributed by atoms with Gasteiger partial charge >= 0.3 is 6.18 Å². The number of benzene rings is 2. The van der Waals surface area contributed by atoms with E-state index < -0.39 is 11.7 Å². The first-order chi connectivity index (χ1) is 13.3. The molecule has 5 nitrogen and oxygen atoms in total. The Bertz CT molecular complexity index is 925. The van der Waals surface area contributed by atoms with Gasteiger partial charge in [-0.1, -0.05) is 35.5 Å². The number of ether oxygens (including phenoxy) is 1. The van der Waals surface area contributed by atoms with Crippen molar-refractivity contribution in [2.75, 3.05) is 20.2 Å². The van der Waals surface area contributed by atoms with Crippen LogP contribution in [0.15, 0.2) is 53.1 Å². The van der Waals surface area contributed by atoms with Gasteiger partial charge in [-0.25, -0.2) is 0 Å². The molecule has 0 aliphatic rings. The molecule has 28 heavy (non-hydrogen) atoms. The van der Waals surface area contributed by atoms with E-state index in [1.807, 2.05) is 43.1 Å². The quantitative estimate of drug-likeness (QED) is 0.590. The number of hydrogen-bond acceptors (Lipinski definition) is 5. The monoisotopic (exact) mass is 391 g/mol. The van der Waals surface area contributed by atoms with E-state index in [0.29, 0.717) is 25.6 Å². The van der Waals surface area contributed by atoms with Crippen LogP contribution in [0.1, 0.15) is 17.0 Å². The van der Waals surface area contributed by atoms with E-state index in [2.05, 4.69) is 10.1 Å². The molecule has 0 saturated heterocycles. The van der Waals surface area contributed by atoms with Crippen LogP contribution in [0.5, 0.6) is 5.75 Å². The average Bonchev–Trinajstić information content (AvgIpc) is 3.11. The normalized spacial score (nSPS) is 11.8. The van der Waals surface area contributed by atoms with Crippen LogP contribution in [-0.2, 0) is 12.7 Å². The molecule has 3 aromatic rings. The Balaban J connectivity index is 1.56. The van der Waals surface area contributed by atoms with Gasteiger partial charge in [0.1, 0.15) is 12.4 Å². The summed E-state index contributed by atoms with van der Waals surface area (Å²) in [5.41, 5.74) is 0.574. The van der Waals surface area contributed by atoms with Crippen molar-refractivity contribution >= 4 is 0 Å². The second-order valence-corrected chi connectivity index (χ2v) is 6.44. The Morgan fingerprint density at radius 2 is 1.89 bits per heavy atom. The predicted molar refractivity (Wildman–Crippen MR) is 97.7 cm³/mol. The standard InChI is InChI=1S/C20H20F3N3O2/c1-14-6-3-4-9-17(14)27-11-10-26(2)13-18-24-19(25-28-18)15-7-5-8-16(12-15)20(21,22)23/h3-9,12H,10-11,13H2,1-2H3. The van der Waals surface area contributed by atoms with Crippen molar-refractivity contribution in [3.8, 4) is 17.1 Å². The van der Waals surface area contributed by atoms with Gasteiger partial charge in [-0.15, -0.1) is 0 Å². The third-order valence-electron chi connectivity index (χ3n) is 4.15. The minimum Gasteiger partial charge on any atom is -0.492 e. The summed E-state index contributed by atoms with van der Waals surface area (Å²) in [6.07, 6.45) is -4.42. The number of alkyl halides is 3. The molecule has 1 heterocycles. The molecular formula is C20H20F3N3O2. The van der Waals surface area contributed by atoms with E-state index in [-0.39, 0.29) is 11.4 Å². The minimum atomic E-state index is -4.42. The summed E-state index contributed by atoms with van der Waals surface area (Å²) in [6, 6.07) is 12.6. The third kappa shape index (κ3) is 5.10. The van der Waals surface area contributed by atoms with Crippen molar-refractivity contribution in [3.63, 3.8) is 0 Å². The van der Waals surface area contributed by atoms with Crippen LogP contribution < -0.4 is 4.74 Å². The summed E-state index contributed by atoms with van der Waals surface area (Å²) >= 11 is 0. The second kappa shape index (κ2) is 8.43. The SMILES string of the molecule is Cc1ccccc1OCCN(C)Cc1nc(-c2cccc(C(F)(F)F)c2)no1. The van der Waals surface area contributed by atoms with Crippen LogP contribution in [0.3, 0.4) is 0 Å². The van der Waals surface area contributed by atoms with Crippen molar-refractivity contribution in [2.24, 2.45) is 0 Å². The van der Waals surface area contributed by atoms with Crippen molar-refractivity contribution < 1.29 is 22.4 Å². The molecule has 0 N–H and O–H groups in total. The van der Waals surface area contributed by atoms with Gasteiger partial charge in [0.05, 0.1) is 12.1 Å². The molecule has 2 aromatic carbocycles. The van der Waals surface area contributed by atoms with Crippen molar-refractivity contribution in [1.82, 2.24) is 15.0 Å². The number of rotatable bonds is 7. The number of para-hydroxylation sites is 1. The molecule has 0 aliphatic heterocycles. The van der Waals surface area contributed by atoms with E-state index in [1.54, 1.807) is 0 Å². The lowest BCUT2D eigenvalue weighted by atomic mass is 10.1. The van der Waals surface area contributed by atoms with Crippen LogP contribution >= 0.6 is 0 Å². The lowest BCUT2D eigenvalue weighted by Gasteiger charge is -2.15. The Hall–Kier alpha value is -2.87. The van der Waals surface area contributed by atoms with Gasteiger partial charge in [0.25, 0.3) is 0 Å². The molecule has 0 fully saturated rings. The number of halogens is 3. The molecule has 0 spiro atoms. The van der Waals surface area contributed by atoms with Gasteiger partial charge in [0.2, 0.25) is 11.7 Å². The highest BCUT2D eigenvalue weighted by Crippen LogP contribution is 2.31. The molecule has 3 rings (SSSR count). The zero-order valence-corrected chi connectivity index (χ0v) is 15.5. The van der Waals surface area contributed by atoms with E-state index in [0.717, 1.165) is 23.4 Å². The summed E-state index contributed by atoms with van der Waals surface area (Å²) in [6.45, 7) is 3.45. The van der Waals surface area contributed by atoms with Gasteiger partial charge in [0.15, 0.2) is 0 Å². The molecule has 0 saturated carbocycles. The summed E-state index contributed by atoms with van der Waals surface area (Å²) < 4.78 is 49.5. The summed E-state index contributed by atoms with van der Waals surface area (Å²) in [5, 5.41) is 3.79. The Kier molecular flexibility index (Phi) is 5.99. The maximum atomic E-state index is 12.8. The fraction of sp³-hybridized carbons (Fsp3) is 0.300. The molecule has 0 radical (unpaired) electrons. The van der Waals surface area contributed by atoms with Gasteiger partial charge in [0, 0.05) is 12.1 Å². The first kappa shape index (κ1) is 19.9. The molecule has 148 valence electrons. The van der Waals surface area contributed by atoms with Gasteiger partial charge < -0.3 is 9.26 Å². The lowest BCUT2D eigenvalue weighted by Crippen LogP contribution is -2.24. The fourth-order valence-corrected chi connectivity index (χ4v) is 2.61. The number of aromatic nitrogens is 2. The van der Waals surface area contributed by atoms with Gasteiger partial charge in [-0.05, 0) is 37.7 Å². The van der Waals surface area contributed by atoms with Gasteiger partial charge in [-0.3, -0.25) is 4.90 Å². The fourth-order valence-electron chi connectivity index (χ4n) is 2.61. The second-order valence-electron chi connectivity index (χ2n) is 6.44. The summed E-state index contributed by atoms with van der Waals surface area (Å²) in [7, 11) is 1.87. The summed E-state index contributed by atoms with van der Waals surface area (Å²) in [5.74, 6) is 1.29. The van der Waals surface area contributed by atoms with E-state index >= 15 is 0 Å². The number of hydrogen-bond donors (Lipinski definition) is 0. The zero-order valence-electron chi connectivity index (χ0n) is 15.5. The van der Waals surface area contributed by atoms with Gasteiger partial charge in [-0.2, -0.15) is 18.2 Å². The molecule has 0 unspecified atom stereocenters. The third-order valence-corrected chi connectivity index (χ3v) is 4.15. The highest BCUT2D eigenvalue weighted by molar-refractivity contribution is 5.55. The first-order valence-corrected chi connectivity index (χ1v) is 8.70. The lowest BCUT2D eigenvalue weighted by molar-refractivity contribution is -0.137. The molecule has 0 atom stereocenters. The zero-order chi connectivity index (χ0) is 20.1. The topological polar surface area (TPSA) is 51.4 Å². The largest absolute Gasteiger partial charge is 0.492 e. The van der Waals surface area contributed by atoms with Crippen LogP contribution in [0.4, 0.5) is 13.2 Å². The number of nitrogens with zero attached hydrogens (tertiary/aromatic N) is 3. The van der Waals surface area contributed by atoms with E-state index in [4.69, 9.17) is 9.26 Å². The van der Waals surface area contributed by atoms with Crippen molar-refractivity contribution in [1.29, 1.82) is 0 Å². The van der Waals surface area contributed by atoms with Crippen molar-refractivity contribution in [3.05, 3.63) is 65.5 Å². The highest BCUT2D eigenvalue weighted by Gasteiger charge is 2.30. The molecule has 0 bridgehead atoms. The van der Waals surface area contributed by atoms with E-state index in [1.165, 1.54) is 12.1 Å². The molecular weight excluding hydrogens is 371 g/mol. The van der Waals surface area contributed by atoms with Crippen LogP contribution in [0, 0.1) is 6.92 Å². The van der Waals surface area contributed by atoms with Crippen LogP contribution in [0.2, 0.25) is 0 Å². The van der Waals surface area contributed by atoms with Crippen LogP contribution in [0.25, 0.3) is 11.4 Å². The predicted octanol–water partition coefficient (Wildman–Crippen LogP) is 4.57. The molecule has 1 aromatic heterocycles. The maximum absolute atomic E-state index is 12.8. The average molecular weight is 391 g/mol. The number of likely N-dealkylation sites (N-methyl/N-ethyl adjacent to an activating group) is 1. The van der Waals surface area contributed by atoms with Crippen LogP contribution in [-0.4, -0.2) is 35.2 Å². The molecule has 0 amide bonds. The maximum Gasteiger partial charge on any atom is 0.416 e. The smallest absolute Gasteiger partial charge is 0.416 e. The molecule has 0 aliphatic carbocycles. The summed E-state index contributed by atoms with van der Waals surface area (Å²) in [4.78, 5) is 6.13. The first-order valence-electron chi connectivity index (χ1n) is 8.70. The highest BCUT2D eigenvalue weighted by atomic mass is 19.4. The number of aryl methyl sites for hydroxylation is 1.